The fourth-order valence-corrected chi connectivity index (χ4v) is 1.29. The number of rotatable bonds is 1. The molecule has 1 rings (SSSR count). The summed E-state index contributed by atoms with van der Waals surface area (Å²) in [6, 6.07) is -0.168. The maximum absolute atomic E-state index is 9.24. The van der Waals surface area contributed by atoms with Crippen LogP contribution in [0.15, 0.2) is 5.11 Å². The average Bonchev–Trinajstić information content (AvgIpc) is 1.94. The lowest BCUT2D eigenvalue weighted by Gasteiger charge is -2.22. The fraction of sp³-hybridized carbons (Fsp3) is 1.00. The zero-order chi connectivity index (χ0) is 7.40. The van der Waals surface area contributed by atoms with Crippen molar-refractivity contribution in [2.45, 2.75) is 37.8 Å². The van der Waals surface area contributed by atoms with Gasteiger partial charge in [-0.15, -0.1) is 0 Å². The Labute approximate surface area is 59.5 Å². The second-order valence-electron chi connectivity index (χ2n) is 2.62. The molecule has 1 N–H and O–H groups in total. The van der Waals surface area contributed by atoms with E-state index in [9.17, 15) is 5.11 Å². The molecule has 0 heterocycles. The number of nitrogens with zero attached hydrogens (tertiary/aromatic N) is 3. The molecule has 1 fully saturated rings. The predicted molar refractivity (Wildman–Crippen MR) is 37.4 cm³/mol. The molecule has 0 amide bonds. The van der Waals surface area contributed by atoms with E-state index in [1.54, 1.807) is 0 Å². The molecule has 0 saturated heterocycles. The number of aliphatic hydroxyl groups excluding tert-OH is 1. The van der Waals surface area contributed by atoms with Gasteiger partial charge in [-0.3, -0.25) is 0 Å². The minimum atomic E-state index is -0.398. The summed E-state index contributed by atoms with van der Waals surface area (Å²) in [5.41, 5.74) is 8.08. The van der Waals surface area contributed by atoms with E-state index in [0.29, 0.717) is 0 Å². The standard InChI is InChI=1S/C6H11N3O/c7-9-8-5-3-1-2-4-6(5)10/h5-6,10H,1-4H2/t5?,6-/m0/s1. The Hall–Kier alpha value is -0.730. The molecule has 0 aromatic heterocycles. The van der Waals surface area contributed by atoms with Crippen molar-refractivity contribution in [2.75, 3.05) is 0 Å². The van der Waals surface area contributed by atoms with E-state index in [2.05, 4.69) is 10.0 Å². The summed E-state index contributed by atoms with van der Waals surface area (Å²) in [7, 11) is 0. The van der Waals surface area contributed by atoms with Crippen LogP contribution < -0.4 is 0 Å². The Morgan fingerprint density at radius 2 is 2.10 bits per heavy atom. The zero-order valence-electron chi connectivity index (χ0n) is 5.77. The van der Waals surface area contributed by atoms with Gasteiger partial charge < -0.3 is 5.11 Å². The summed E-state index contributed by atoms with van der Waals surface area (Å²) >= 11 is 0. The summed E-state index contributed by atoms with van der Waals surface area (Å²) < 4.78 is 0. The molecule has 4 nitrogen and oxygen atoms in total. The van der Waals surface area contributed by atoms with Crippen LogP contribution in [0.5, 0.6) is 0 Å². The van der Waals surface area contributed by atoms with Crippen LogP contribution in [0.2, 0.25) is 0 Å². The number of hydrogen-bond acceptors (Lipinski definition) is 2. The Morgan fingerprint density at radius 3 is 2.70 bits per heavy atom. The van der Waals surface area contributed by atoms with Crippen LogP contribution in [0, 0.1) is 0 Å². The molecule has 1 aliphatic carbocycles. The highest BCUT2D eigenvalue weighted by molar-refractivity contribution is 4.80. The minimum absolute atomic E-state index is 0.168. The molecular weight excluding hydrogens is 130 g/mol. The lowest BCUT2D eigenvalue weighted by Crippen LogP contribution is -2.27. The Kier molecular flexibility index (Phi) is 2.54. The van der Waals surface area contributed by atoms with Gasteiger partial charge in [-0.25, -0.2) is 0 Å². The van der Waals surface area contributed by atoms with Crippen molar-refractivity contribution in [1.82, 2.24) is 0 Å². The van der Waals surface area contributed by atoms with Crippen molar-refractivity contribution in [2.24, 2.45) is 5.11 Å². The van der Waals surface area contributed by atoms with Crippen molar-refractivity contribution in [1.29, 1.82) is 0 Å². The summed E-state index contributed by atoms with van der Waals surface area (Å²) in [4.78, 5) is 2.67. The van der Waals surface area contributed by atoms with Crippen molar-refractivity contribution in [3.8, 4) is 0 Å². The maximum Gasteiger partial charge on any atom is 0.0633 e. The minimum Gasteiger partial charge on any atom is -0.393 e. The first kappa shape index (κ1) is 7.38. The first-order chi connectivity index (χ1) is 4.84. The molecule has 0 aliphatic heterocycles. The zero-order valence-corrected chi connectivity index (χ0v) is 5.77. The van der Waals surface area contributed by atoms with Crippen LogP contribution in [0.25, 0.3) is 10.4 Å². The first-order valence-corrected chi connectivity index (χ1v) is 3.57. The molecule has 10 heavy (non-hydrogen) atoms. The quantitative estimate of drug-likeness (QED) is 0.336. The van der Waals surface area contributed by atoms with Gasteiger partial charge in [0.2, 0.25) is 0 Å². The van der Waals surface area contributed by atoms with Gasteiger partial charge in [-0.2, -0.15) is 0 Å². The molecule has 2 atom stereocenters. The van der Waals surface area contributed by atoms with E-state index in [4.69, 9.17) is 5.53 Å². The first-order valence-electron chi connectivity index (χ1n) is 3.57. The largest absolute Gasteiger partial charge is 0.393 e. The molecule has 0 aromatic rings. The third kappa shape index (κ3) is 1.62. The molecule has 0 spiro atoms. The summed E-state index contributed by atoms with van der Waals surface area (Å²) in [5.74, 6) is 0. The van der Waals surface area contributed by atoms with Crippen molar-refractivity contribution >= 4 is 0 Å². The highest BCUT2D eigenvalue weighted by Gasteiger charge is 2.20. The fourth-order valence-electron chi connectivity index (χ4n) is 1.29. The Balaban J connectivity index is 2.47. The Morgan fingerprint density at radius 1 is 1.40 bits per heavy atom. The van der Waals surface area contributed by atoms with Crippen molar-refractivity contribution < 1.29 is 5.11 Å². The highest BCUT2D eigenvalue weighted by atomic mass is 16.3. The maximum atomic E-state index is 9.24. The summed E-state index contributed by atoms with van der Waals surface area (Å²) in [6.07, 6.45) is 3.35. The molecule has 1 saturated carbocycles. The topological polar surface area (TPSA) is 69.0 Å². The average molecular weight is 141 g/mol. The smallest absolute Gasteiger partial charge is 0.0633 e. The van der Waals surface area contributed by atoms with Gasteiger partial charge in [0.05, 0.1) is 12.1 Å². The highest BCUT2D eigenvalue weighted by Crippen LogP contribution is 2.20. The van der Waals surface area contributed by atoms with E-state index in [1.807, 2.05) is 0 Å². The SMILES string of the molecule is [N-]=[N+]=NC1CCCC[C@@H]1O. The Bertz CT molecular complexity index is 153. The van der Waals surface area contributed by atoms with Crippen LogP contribution in [-0.2, 0) is 0 Å². The van der Waals surface area contributed by atoms with E-state index in [-0.39, 0.29) is 6.04 Å². The predicted octanol–water partition coefficient (Wildman–Crippen LogP) is 1.60. The number of hydrogen-bond donors (Lipinski definition) is 1. The lowest BCUT2D eigenvalue weighted by molar-refractivity contribution is 0.108. The van der Waals surface area contributed by atoms with Gasteiger partial charge in [0.15, 0.2) is 0 Å². The summed E-state index contributed by atoms with van der Waals surface area (Å²) in [6.45, 7) is 0. The van der Waals surface area contributed by atoms with Crippen LogP contribution in [-0.4, -0.2) is 17.3 Å². The molecule has 1 aliphatic rings. The van der Waals surface area contributed by atoms with Crippen LogP contribution in [0.4, 0.5) is 0 Å². The molecule has 0 radical (unpaired) electrons. The van der Waals surface area contributed by atoms with Gasteiger partial charge in [-0.05, 0) is 18.4 Å². The molecule has 4 heteroatoms. The second-order valence-corrected chi connectivity index (χ2v) is 2.62. The molecule has 1 unspecified atom stereocenters. The molecule has 56 valence electrons. The number of azide groups is 1. The van der Waals surface area contributed by atoms with Crippen LogP contribution in [0.3, 0.4) is 0 Å². The van der Waals surface area contributed by atoms with Crippen LogP contribution in [0.1, 0.15) is 25.7 Å². The monoisotopic (exact) mass is 141 g/mol. The van der Waals surface area contributed by atoms with Gasteiger partial charge in [0.25, 0.3) is 0 Å². The summed E-state index contributed by atoms with van der Waals surface area (Å²) in [5, 5.41) is 12.7. The molecular formula is C6H11N3O. The van der Waals surface area contributed by atoms with Crippen molar-refractivity contribution in [3.05, 3.63) is 10.4 Å². The van der Waals surface area contributed by atoms with Gasteiger partial charge in [0, 0.05) is 4.91 Å². The van der Waals surface area contributed by atoms with Crippen LogP contribution >= 0.6 is 0 Å². The molecule has 0 bridgehead atoms. The van der Waals surface area contributed by atoms with E-state index < -0.39 is 6.10 Å². The normalized spacial score (nSPS) is 32.9. The van der Waals surface area contributed by atoms with E-state index >= 15 is 0 Å². The van der Waals surface area contributed by atoms with E-state index in [0.717, 1.165) is 25.7 Å². The van der Waals surface area contributed by atoms with Gasteiger partial charge in [-0.1, -0.05) is 18.0 Å². The van der Waals surface area contributed by atoms with E-state index in [1.165, 1.54) is 0 Å². The lowest BCUT2D eigenvalue weighted by atomic mass is 9.93. The third-order valence-corrected chi connectivity index (χ3v) is 1.89. The number of aliphatic hydroxyl groups is 1. The molecule has 0 aromatic carbocycles. The second kappa shape index (κ2) is 3.44. The van der Waals surface area contributed by atoms with Gasteiger partial charge in [0.1, 0.15) is 0 Å². The van der Waals surface area contributed by atoms with Crippen molar-refractivity contribution in [3.63, 3.8) is 0 Å². The third-order valence-electron chi connectivity index (χ3n) is 1.89. The van der Waals surface area contributed by atoms with Gasteiger partial charge >= 0.3 is 0 Å².